The van der Waals surface area contributed by atoms with Crippen LogP contribution in [0.1, 0.15) is 31.7 Å². The Morgan fingerprint density at radius 3 is 2.67 bits per heavy atom. The summed E-state index contributed by atoms with van der Waals surface area (Å²) in [5, 5.41) is 10.6. The fourth-order valence-electron chi connectivity index (χ4n) is 2.39. The largest absolute Gasteiger partial charge is 0.381 e. The molecule has 0 atom stereocenters. The van der Waals surface area contributed by atoms with Crippen molar-refractivity contribution in [2.24, 2.45) is 0 Å². The summed E-state index contributed by atoms with van der Waals surface area (Å²) in [4.78, 5) is 18.0. The van der Waals surface area contributed by atoms with Gasteiger partial charge in [-0.15, -0.1) is 0 Å². The lowest BCUT2D eigenvalue weighted by atomic mass is 10.2. The summed E-state index contributed by atoms with van der Waals surface area (Å²) in [5.74, 6) is 0.507. The number of aromatic nitrogens is 4. The molecule has 0 spiro atoms. The Hall–Kier alpha value is -2.18. The number of nitrogens with zero attached hydrogens (tertiary/aromatic N) is 5. The van der Waals surface area contributed by atoms with Gasteiger partial charge in [-0.3, -0.25) is 4.57 Å². The van der Waals surface area contributed by atoms with Gasteiger partial charge in [-0.05, 0) is 22.7 Å². The van der Waals surface area contributed by atoms with Crippen LogP contribution in [0.2, 0.25) is 0 Å². The monoisotopic (exact) mass is 247 g/mol. The zero-order valence-electron chi connectivity index (χ0n) is 9.77. The molecule has 0 N–H and O–H groups in total. The topological polar surface area (TPSA) is 78.8 Å². The molecule has 0 bridgehead atoms. The molecule has 1 fully saturated rings. The predicted molar refractivity (Wildman–Crippen MR) is 63.5 cm³/mol. The Kier molecular flexibility index (Phi) is 2.58. The van der Waals surface area contributed by atoms with Gasteiger partial charge in [0.15, 0.2) is 5.82 Å². The summed E-state index contributed by atoms with van der Waals surface area (Å²) >= 11 is 0. The highest BCUT2D eigenvalue weighted by atomic mass is 16.6. The average Bonchev–Trinajstić information content (AvgIpc) is 3.10. The van der Waals surface area contributed by atoms with Crippen molar-refractivity contribution in [2.45, 2.75) is 31.7 Å². The summed E-state index contributed by atoms with van der Waals surface area (Å²) in [6, 6.07) is 0.518. The Labute approximate surface area is 103 Å². The zero-order valence-corrected chi connectivity index (χ0v) is 9.77. The Morgan fingerprint density at radius 2 is 2.00 bits per heavy atom. The second-order valence-electron chi connectivity index (χ2n) is 4.51. The molecular formula is C11H13N5O2. The minimum absolute atomic E-state index is 0.162. The van der Waals surface area contributed by atoms with E-state index in [9.17, 15) is 10.1 Å². The number of rotatable bonds is 3. The van der Waals surface area contributed by atoms with E-state index in [0.717, 1.165) is 0 Å². The number of imidazole rings is 2. The van der Waals surface area contributed by atoms with E-state index >= 15 is 0 Å². The van der Waals surface area contributed by atoms with Crippen LogP contribution in [0.4, 0.5) is 5.82 Å². The van der Waals surface area contributed by atoms with E-state index in [0.29, 0.717) is 11.9 Å². The zero-order chi connectivity index (χ0) is 12.5. The van der Waals surface area contributed by atoms with Crippen LogP contribution in [0.3, 0.4) is 0 Å². The summed E-state index contributed by atoms with van der Waals surface area (Å²) in [5.41, 5.74) is 0. The fourth-order valence-corrected chi connectivity index (χ4v) is 2.39. The van der Waals surface area contributed by atoms with Gasteiger partial charge in [-0.2, -0.15) is 0 Å². The Balaban J connectivity index is 1.85. The first-order valence-corrected chi connectivity index (χ1v) is 5.96. The lowest BCUT2D eigenvalue weighted by molar-refractivity contribution is -0.389. The second kappa shape index (κ2) is 4.25. The van der Waals surface area contributed by atoms with E-state index < -0.39 is 4.92 Å². The lowest BCUT2D eigenvalue weighted by Crippen LogP contribution is -2.01. The maximum atomic E-state index is 10.6. The first kappa shape index (κ1) is 10.9. The first-order chi connectivity index (χ1) is 8.74. The van der Waals surface area contributed by atoms with E-state index in [2.05, 4.69) is 14.5 Å². The van der Waals surface area contributed by atoms with Gasteiger partial charge in [0.05, 0.1) is 6.33 Å². The Morgan fingerprint density at radius 1 is 1.22 bits per heavy atom. The molecule has 0 radical (unpaired) electrons. The van der Waals surface area contributed by atoms with Crippen molar-refractivity contribution in [3.8, 4) is 5.82 Å². The summed E-state index contributed by atoms with van der Waals surface area (Å²) in [6.45, 7) is 0. The van der Waals surface area contributed by atoms with Gasteiger partial charge in [0.2, 0.25) is 6.33 Å². The molecule has 0 saturated heterocycles. The lowest BCUT2D eigenvalue weighted by Gasteiger charge is -2.09. The number of hydrogen-bond donors (Lipinski definition) is 0. The maximum Gasteiger partial charge on any atom is 0.381 e. The van der Waals surface area contributed by atoms with Gasteiger partial charge in [0.1, 0.15) is 6.20 Å². The van der Waals surface area contributed by atoms with E-state index in [1.807, 2.05) is 6.20 Å². The van der Waals surface area contributed by atoms with Gasteiger partial charge >= 0.3 is 5.82 Å². The van der Waals surface area contributed by atoms with Crippen LogP contribution >= 0.6 is 0 Å². The van der Waals surface area contributed by atoms with Gasteiger partial charge in [0, 0.05) is 12.2 Å². The van der Waals surface area contributed by atoms with Gasteiger partial charge < -0.3 is 14.7 Å². The summed E-state index contributed by atoms with van der Waals surface area (Å²) in [7, 11) is 0. The van der Waals surface area contributed by atoms with Crippen molar-refractivity contribution in [1.29, 1.82) is 0 Å². The van der Waals surface area contributed by atoms with Crippen LogP contribution in [0, 0.1) is 10.1 Å². The quantitative estimate of drug-likeness (QED) is 0.614. The standard InChI is InChI=1S/C11H13N5O2/c17-16(18)11-6-15(8-13-11)10-5-14(7-12-10)9-3-1-2-4-9/h5-9H,1-4H2. The molecular weight excluding hydrogens is 234 g/mol. The van der Waals surface area contributed by atoms with Crippen LogP contribution in [0.25, 0.3) is 5.82 Å². The summed E-state index contributed by atoms with van der Waals surface area (Å²) < 4.78 is 3.66. The molecule has 18 heavy (non-hydrogen) atoms. The van der Waals surface area contributed by atoms with Crippen LogP contribution in [0.5, 0.6) is 0 Å². The van der Waals surface area contributed by atoms with Crippen molar-refractivity contribution in [1.82, 2.24) is 19.1 Å². The molecule has 2 aromatic rings. The van der Waals surface area contributed by atoms with Gasteiger partial charge in [-0.1, -0.05) is 12.8 Å². The minimum Gasteiger partial charge on any atom is -0.358 e. The van der Waals surface area contributed by atoms with Crippen molar-refractivity contribution in [2.75, 3.05) is 0 Å². The minimum atomic E-state index is -0.509. The molecule has 0 aromatic carbocycles. The van der Waals surface area contributed by atoms with Gasteiger partial charge in [-0.25, -0.2) is 4.98 Å². The van der Waals surface area contributed by atoms with Crippen LogP contribution in [-0.4, -0.2) is 24.0 Å². The molecule has 1 saturated carbocycles. The molecule has 0 amide bonds. The SMILES string of the molecule is O=[N+]([O-])c1cn(-c2cn(C3CCCC3)cn2)cn1. The fraction of sp³-hybridized carbons (Fsp3) is 0.455. The van der Waals surface area contributed by atoms with Gasteiger partial charge in [0.25, 0.3) is 0 Å². The second-order valence-corrected chi connectivity index (χ2v) is 4.51. The van der Waals surface area contributed by atoms with Crippen LogP contribution < -0.4 is 0 Å². The van der Waals surface area contributed by atoms with Crippen LogP contribution in [0.15, 0.2) is 25.0 Å². The molecule has 0 aliphatic heterocycles. The highest BCUT2D eigenvalue weighted by Crippen LogP contribution is 2.29. The third-order valence-electron chi connectivity index (χ3n) is 3.35. The third-order valence-corrected chi connectivity index (χ3v) is 3.35. The highest BCUT2D eigenvalue weighted by molar-refractivity contribution is 5.25. The molecule has 2 aromatic heterocycles. The molecule has 94 valence electrons. The van der Waals surface area contributed by atoms with Crippen molar-refractivity contribution >= 4 is 5.82 Å². The molecule has 1 aliphatic rings. The van der Waals surface area contributed by atoms with E-state index in [-0.39, 0.29) is 5.82 Å². The highest BCUT2D eigenvalue weighted by Gasteiger charge is 2.18. The molecule has 7 nitrogen and oxygen atoms in total. The summed E-state index contributed by atoms with van der Waals surface area (Å²) in [6.07, 6.45) is 11.4. The number of hydrogen-bond acceptors (Lipinski definition) is 4. The normalized spacial score (nSPS) is 16.2. The molecule has 0 unspecified atom stereocenters. The molecule has 7 heteroatoms. The maximum absolute atomic E-state index is 10.6. The smallest absolute Gasteiger partial charge is 0.358 e. The van der Waals surface area contributed by atoms with Crippen LogP contribution in [-0.2, 0) is 0 Å². The van der Waals surface area contributed by atoms with E-state index in [4.69, 9.17) is 0 Å². The third kappa shape index (κ3) is 1.87. The number of nitro groups is 1. The predicted octanol–water partition coefficient (Wildman–Crippen LogP) is 2.09. The van der Waals surface area contributed by atoms with Crippen molar-refractivity contribution in [3.63, 3.8) is 0 Å². The Bertz CT molecular complexity index is 568. The molecule has 1 aliphatic carbocycles. The van der Waals surface area contributed by atoms with E-state index in [1.54, 1.807) is 10.9 Å². The molecule has 2 heterocycles. The average molecular weight is 247 g/mol. The van der Waals surface area contributed by atoms with E-state index in [1.165, 1.54) is 38.2 Å². The molecule has 3 rings (SSSR count). The van der Waals surface area contributed by atoms with Crippen molar-refractivity contribution < 1.29 is 4.92 Å². The van der Waals surface area contributed by atoms with Crippen molar-refractivity contribution in [3.05, 3.63) is 35.2 Å². The first-order valence-electron chi connectivity index (χ1n) is 5.96.